The zero-order valence-electron chi connectivity index (χ0n) is 13.7. The summed E-state index contributed by atoms with van der Waals surface area (Å²) in [4.78, 5) is 4.60. The highest BCUT2D eigenvalue weighted by Gasteiger charge is 2.43. The van der Waals surface area contributed by atoms with Crippen molar-refractivity contribution in [3.63, 3.8) is 0 Å². The van der Waals surface area contributed by atoms with E-state index in [0.717, 1.165) is 50.8 Å². The second-order valence-corrected chi connectivity index (χ2v) is 6.85. The summed E-state index contributed by atoms with van der Waals surface area (Å²) in [5.41, 5.74) is 5.55. The Bertz CT molecular complexity index is 432. The number of aromatic nitrogens is 2. The van der Waals surface area contributed by atoms with Crippen LogP contribution < -0.4 is 5.73 Å². The van der Waals surface area contributed by atoms with Crippen LogP contribution in [0.3, 0.4) is 0 Å². The molecule has 1 fully saturated rings. The van der Waals surface area contributed by atoms with Crippen LogP contribution >= 0.6 is 0 Å². The lowest BCUT2D eigenvalue weighted by Gasteiger charge is -2.41. The minimum atomic E-state index is -0.347. The van der Waals surface area contributed by atoms with Crippen molar-refractivity contribution in [2.24, 2.45) is 11.1 Å². The summed E-state index contributed by atoms with van der Waals surface area (Å²) >= 11 is 0. The van der Waals surface area contributed by atoms with Gasteiger partial charge in [-0.2, -0.15) is 4.98 Å². The summed E-state index contributed by atoms with van der Waals surface area (Å²) in [5, 5.41) is 4.21. The van der Waals surface area contributed by atoms with Crippen molar-refractivity contribution in [1.82, 2.24) is 10.1 Å². The molecule has 5 heteroatoms. The number of rotatable bonds is 7. The molecule has 1 aromatic rings. The Balaban J connectivity index is 2.08. The van der Waals surface area contributed by atoms with Crippen LogP contribution in [0.2, 0.25) is 0 Å². The van der Waals surface area contributed by atoms with Gasteiger partial charge in [0.25, 0.3) is 0 Å². The number of aryl methyl sites for hydroxylation is 1. The summed E-state index contributed by atoms with van der Waals surface area (Å²) in [5.74, 6) is 1.45. The largest absolute Gasteiger partial charge is 0.367 e. The molecule has 2 N–H and O–H groups in total. The molecule has 2 rings (SSSR count). The average molecular weight is 295 g/mol. The van der Waals surface area contributed by atoms with E-state index in [1.54, 1.807) is 0 Å². The van der Waals surface area contributed by atoms with Gasteiger partial charge in [-0.1, -0.05) is 19.0 Å². The molecule has 5 nitrogen and oxygen atoms in total. The van der Waals surface area contributed by atoms with E-state index in [0.29, 0.717) is 24.5 Å². The summed E-state index contributed by atoms with van der Waals surface area (Å²) in [7, 11) is 0. The molecule has 1 aliphatic rings. The van der Waals surface area contributed by atoms with Crippen LogP contribution in [0.4, 0.5) is 0 Å². The highest BCUT2D eigenvalue weighted by molar-refractivity contribution is 5.05. The van der Waals surface area contributed by atoms with Gasteiger partial charge in [-0.25, -0.2) is 0 Å². The number of hydrogen-bond acceptors (Lipinski definition) is 5. The number of hydrogen-bond donors (Lipinski definition) is 1. The molecule has 1 saturated carbocycles. The number of nitrogens with two attached hydrogens (primary N) is 1. The lowest BCUT2D eigenvalue weighted by molar-refractivity contribution is -0.0957. The van der Waals surface area contributed by atoms with Crippen LogP contribution in [0.5, 0.6) is 0 Å². The average Bonchev–Trinajstić information content (AvgIpc) is 2.91. The maximum Gasteiger partial charge on any atom is 0.226 e. The molecule has 0 aromatic carbocycles. The van der Waals surface area contributed by atoms with Crippen LogP contribution in [0.25, 0.3) is 0 Å². The van der Waals surface area contributed by atoms with Gasteiger partial charge >= 0.3 is 0 Å². The minimum Gasteiger partial charge on any atom is -0.367 e. The molecule has 1 aliphatic carbocycles. The van der Waals surface area contributed by atoms with E-state index in [1.165, 1.54) is 0 Å². The third-order valence-corrected chi connectivity index (χ3v) is 4.55. The minimum absolute atomic E-state index is 0.347. The summed E-state index contributed by atoms with van der Waals surface area (Å²) in [6, 6.07) is 0. The van der Waals surface area contributed by atoms with E-state index < -0.39 is 0 Å². The molecule has 1 aromatic heterocycles. The van der Waals surface area contributed by atoms with Crippen LogP contribution in [0.1, 0.15) is 71.0 Å². The Labute approximate surface area is 127 Å². The molecule has 21 heavy (non-hydrogen) atoms. The monoisotopic (exact) mass is 295 g/mol. The molecule has 0 spiro atoms. The highest BCUT2D eigenvalue weighted by Crippen LogP contribution is 2.46. The topological polar surface area (TPSA) is 74.2 Å². The van der Waals surface area contributed by atoms with Crippen molar-refractivity contribution in [1.29, 1.82) is 0 Å². The fourth-order valence-corrected chi connectivity index (χ4v) is 3.00. The Morgan fingerprint density at radius 3 is 2.52 bits per heavy atom. The number of ether oxygens (including phenoxy) is 1. The smallest absolute Gasteiger partial charge is 0.226 e. The van der Waals surface area contributed by atoms with Gasteiger partial charge in [-0.05, 0) is 57.4 Å². The van der Waals surface area contributed by atoms with Crippen molar-refractivity contribution in [3.05, 3.63) is 11.7 Å². The predicted octanol–water partition coefficient (Wildman–Crippen LogP) is 3.18. The van der Waals surface area contributed by atoms with E-state index in [9.17, 15) is 0 Å². The quantitative estimate of drug-likeness (QED) is 0.782. The van der Waals surface area contributed by atoms with Gasteiger partial charge in [0.1, 0.15) is 5.60 Å². The summed E-state index contributed by atoms with van der Waals surface area (Å²) in [6.07, 6.45) is 6.98. The number of nitrogens with zero attached hydrogens (tertiary/aromatic N) is 2. The van der Waals surface area contributed by atoms with Crippen molar-refractivity contribution >= 4 is 0 Å². The molecular formula is C16H29N3O2. The third kappa shape index (κ3) is 4.04. The first-order valence-electron chi connectivity index (χ1n) is 8.18. The zero-order chi connectivity index (χ0) is 15.3. The van der Waals surface area contributed by atoms with Gasteiger partial charge in [-0.3, -0.25) is 0 Å². The van der Waals surface area contributed by atoms with Crippen LogP contribution in [0.15, 0.2) is 4.52 Å². The molecule has 0 aliphatic heterocycles. The van der Waals surface area contributed by atoms with Crippen molar-refractivity contribution < 1.29 is 9.26 Å². The van der Waals surface area contributed by atoms with Crippen molar-refractivity contribution in [2.45, 2.75) is 71.3 Å². The van der Waals surface area contributed by atoms with Crippen LogP contribution in [-0.4, -0.2) is 23.3 Å². The molecule has 0 radical (unpaired) electrons. The Hall–Kier alpha value is -0.940. The fourth-order valence-electron chi connectivity index (χ4n) is 3.00. The van der Waals surface area contributed by atoms with Crippen molar-refractivity contribution in [3.8, 4) is 0 Å². The first-order valence-corrected chi connectivity index (χ1v) is 8.18. The van der Waals surface area contributed by atoms with Gasteiger partial charge in [-0.15, -0.1) is 0 Å². The van der Waals surface area contributed by atoms with E-state index in [1.807, 2.05) is 6.92 Å². The van der Waals surface area contributed by atoms with E-state index in [2.05, 4.69) is 24.0 Å². The van der Waals surface area contributed by atoms with E-state index >= 15 is 0 Å². The molecule has 0 amide bonds. The first-order chi connectivity index (χ1) is 10.0. The van der Waals surface area contributed by atoms with E-state index in [4.69, 9.17) is 15.0 Å². The van der Waals surface area contributed by atoms with Gasteiger partial charge in [0.2, 0.25) is 11.7 Å². The van der Waals surface area contributed by atoms with Gasteiger partial charge in [0, 0.05) is 13.0 Å². The van der Waals surface area contributed by atoms with Crippen molar-refractivity contribution in [2.75, 3.05) is 13.2 Å². The zero-order valence-corrected chi connectivity index (χ0v) is 13.7. The van der Waals surface area contributed by atoms with Crippen LogP contribution in [0, 0.1) is 5.41 Å². The fraction of sp³-hybridized carbons (Fsp3) is 0.875. The lowest BCUT2D eigenvalue weighted by Crippen LogP contribution is -2.38. The van der Waals surface area contributed by atoms with E-state index in [-0.39, 0.29) is 5.60 Å². The maximum absolute atomic E-state index is 6.08. The van der Waals surface area contributed by atoms with Crippen LogP contribution in [-0.2, 0) is 16.8 Å². The molecule has 1 heterocycles. The summed E-state index contributed by atoms with van der Waals surface area (Å²) in [6.45, 7) is 8.05. The molecule has 0 bridgehead atoms. The molecule has 0 unspecified atom stereocenters. The van der Waals surface area contributed by atoms with Gasteiger partial charge < -0.3 is 15.0 Å². The van der Waals surface area contributed by atoms with Gasteiger partial charge in [0.15, 0.2) is 0 Å². The normalized spacial score (nSPS) is 20.6. The van der Waals surface area contributed by atoms with Gasteiger partial charge in [0.05, 0.1) is 0 Å². The molecule has 0 saturated heterocycles. The number of unbranched alkanes of at least 4 members (excludes halogenated alkanes) is 1. The SMILES string of the molecule is CCOC1(c2noc(CCCCN)n2)CCC(C)(C)CC1. The maximum atomic E-state index is 6.08. The highest BCUT2D eigenvalue weighted by atomic mass is 16.5. The Morgan fingerprint density at radius 2 is 1.90 bits per heavy atom. The third-order valence-electron chi connectivity index (χ3n) is 4.55. The second kappa shape index (κ2) is 6.88. The Morgan fingerprint density at radius 1 is 1.19 bits per heavy atom. The molecule has 120 valence electrons. The first kappa shape index (κ1) is 16.4. The molecule has 0 atom stereocenters. The predicted molar refractivity (Wildman–Crippen MR) is 81.8 cm³/mol. The second-order valence-electron chi connectivity index (χ2n) is 6.85. The summed E-state index contributed by atoms with van der Waals surface area (Å²) < 4.78 is 11.5. The Kier molecular flexibility index (Phi) is 5.38. The lowest BCUT2D eigenvalue weighted by atomic mass is 9.70. The standard InChI is InChI=1S/C16H29N3O2/c1-4-20-16(10-8-15(2,3)9-11-16)14-18-13(21-19-14)7-5-6-12-17/h4-12,17H2,1-3H3. The molecular weight excluding hydrogens is 266 g/mol.